The summed E-state index contributed by atoms with van der Waals surface area (Å²) < 4.78 is 33.1. The van der Waals surface area contributed by atoms with Crippen LogP contribution in [0.25, 0.3) is 0 Å². The highest BCUT2D eigenvalue weighted by Gasteiger charge is 2.16. The second kappa shape index (κ2) is 7.22. The third kappa shape index (κ3) is 4.80. The fraction of sp³-hybridized carbons (Fsp3) is 0.417. The maximum Gasteiger partial charge on any atom is 0.250 e. The number of sulfonamides is 1. The third-order valence-corrected chi connectivity index (χ3v) is 3.20. The van der Waals surface area contributed by atoms with Crippen LogP contribution < -0.4 is 15.2 Å². The normalized spacial score (nSPS) is 11.2. The van der Waals surface area contributed by atoms with Gasteiger partial charge in [0.05, 0.1) is 6.61 Å². The molecule has 3 N–H and O–H groups in total. The fourth-order valence-electron chi connectivity index (χ4n) is 1.47. The molecule has 0 aliphatic carbocycles. The molecular weight excluding hydrogens is 284 g/mol. The Morgan fingerprint density at radius 2 is 2.00 bits per heavy atom. The molecule has 1 amide bonds. The smallest absolute Gasteiger partial charge is 0.250 e. The number of hydrogen-bond acceptors (Lipinski definition) is 5. The number of nitrogens with one attached hydrogen (secondary N) is 1. The molecule has 0 saturated carbocycles. The summed E-state index contributed by atoms with van der Waals surface area (Å²) in [6.45, 7) is 4.11. The molecule has 1 aromatic carbocycles. The zero-order chi connectivity index (χ0) is 15.2. The molecule has 0 aliphatic rings. The molecule has 0 radical (unpaired) electrons. The Morgan fingerprint density at radius 3 is 2.55 bits per heavy atom. The zero-order valence-electron chi connectivity index (χ0n) is 11.4. The minimum atomic E-state index is -3.94. The summed E-state index contributed by atoms with van der Waals surface area (Å²) >= 11 is 0. The molecule has 0 atom stereocenters. The highest BCUT2D eigenvalue weighted by atomic mass is 32.2. The first-order valence-corrected chi connectivity index (χ1v) is 7.60. The molecule has 0 bridgehead atoms. The molecule has 0 saturated heterocycles. The SMILES string of the molecule is CCOCC(=O)Nc1ccc(OCC)c(S(N)(=O)=O)c1. The van der Waals surface area contributed by atoms with Crippen LogP contribution in [0.15, 0.2) is 23.1 Å². The molecule has 0 fully saturated rings. The van der Waals surface area contributed by atoms with Gasteiger partial charge in [-0.15, -0.1) is 0 Å². The van der Waals surface area contributed by atoms with Gasteiger partial charge in [0.2, 0.25) is 15.9 Å². The Morgan fingerprint density at radius 1 is 1.30 bits per heavy atom. The van der Waals surface area contributed by atoms with E-state index < -0.39 is 10.0 Å². The van der Waals surface area contributed by atoms with Gasteiger partial charge in [0, 0.05) is 12.3 Å². The minimum absolute atomic E-state index is 0.103. The fourth-order valence-corrected chi connectivity index (χ4v) is 2.17. The topological polar surface area (TPSA) is 108 Å². The second-order valence-electron chi connectivity index (χ2n) is 3.82. The first kappa shape index (κ1) is 16.4. The van der Waals surface area contributed by atoms with Crippen LogP contribution in [-0.4, -0.2) is 34.1 Å². The highest BCUT2D eigenvalue weighted by Crippen LogP contribution is 2.26. The van der Waals surface area contributed by atoms with Crippen molar-refractivity contribution in [3.8, 4) is 5.75 Å². The van der Waals surface area contributed by atoms with Gasteiger partial charge in [-0.3, -0.25) is 4.79 Å². The summed E-state index contributed by atoms with van der Waals surface area (Å²) in [5.41, 5.74) is 0.308. The van der Waals surface area contributed by atoms with Gasteiger partial charge >= 0.3 is 0 Å². The number of nitrogens with two attached hydrogens (primary N) is 1. The van der Waals surface area contributed by atoms with Crippen LogP contribution in [0.3, 0.4) is 0 Å². The van der Waals surface area contributed by atoms with E-state index >= 15 is 0 Å². The molecule has 1 rings (SSSR count). The van der Waals surface area contributed by atoms with E-state index in [0.29, 0.717) is 18.9 Å². The molecule has 0 aliphatic heterocycles. The average molecular weight is 302 g/mol. The molecule has 7 nitrogen and oxygen atoms in total. The lowest BCUT2D eigenvalue weighted by Crippen LogP contribution is -2.19. The van der Waals surface area contributed by atoms with Crippen LogP contribution in [0.1, 0.15) is 13.8 Å². The molecular formula is C12H18N2O5S. The highest BCUT2D eigenvalue weighted by molar-refractivity contribution is 7.89. The number of ether oxygens (including phenoxy) is 2. The third-order valence-electron chi connectivity index (χ3n) is 2.27. The quantitative estimate of drug-likeness (QED) is 0.771. The largest absolute Gasteiger partial charge is 0.492 e. The molecule has 0 aromatic heterocycles. The number of anilines is 1. The van der Waals surface area contributed by atoms with Gasteiger partial charge < -0.3 is 14.8 Å². The minimum Gasteiger partial charge on any atom is -0.492 e. The molecule has 0 spiro atoms. The Hall–Kier alpha value is -1.64. The number of primary sulfonamides is 1. The van der Waals surface area contributed by atoms with Gasteiger partial charge in [-0.2, -0.15) is 0 Å². The summed E-state index contributed by atoms with van der Waals surface area (Å²) in [5, 5.41) is 7.64. The van der Waals surface area contributed by atoms with Crippen molar-refractivity contribution in [1.29, 1.82) is 0 Å². The van der Waals surface area contributed by atoms with E-state index in [1.165, 1.54) is 18.2 Å². The predicted molar refractivity (Wildman–Crippen MR) is 74.1 cm³/mol. The van der Waals surface area contributed by atoms with Gasteiger partial charge in [-0.25, -0.2) is 13.6 Å². The average Bonchev–Trinajstić information content (AvgIpc) is 2.37. The first-order valence-electron chi connectivity index (χ1n) is 6.05. The first-order chi connectivity index (χ1) is 9.38. The van der Waals surface area contributed by atoms with Crippen molar-refractivity contribution in [2.24, 2.45) is 5.14 Å². The lowest BCUT2D eigenvalue weighted by molar-refractivity contribution is -0.120. The number of carbonyl (C=O) groups excluding carboxylic acids is 1. The van der Waals surface area contributed by atoms with E-state index in [4.69, 9.17) is 14.6 Å². The van der Waals surface area contributed by atoms with Gasteiger partial charge in [0.15, 0.2) is 0 Å². The summed E-state index contributed by atoms with van der Waals surface area (Å²) in [7, 11) is -3.94. The van der Waals surface area contributed by atoms with Crippen LogP contribution in [0.2, 0.25) is 0 Å². The van der Waals surface area contributed by atoms with E-state index in [1.807, 2.05) is 0 Å². The molecule has 112 valence electrons. The summed E-state index contributed by atoms with van der Waals surface area (Å²) in [5.74, 6) is -0.228. The Labute approximate surface area is 118 Å². The Balaban J connectivity index is 2.98. The zero-order valence-corrected chi connectivity index (χ0v) is 12.2. The van der Waals surface area contributed by atoms with Crippen LogP contribution in [-0.2, 0) is 19.6 Å². The second-order valence-corrected chi connectivity index (χ2v) is 5.35. The Bertz CT molecular complexity index is 571. The van der Waals surface area contributed by atoms with Crippen molar-refractivity contribution in [3.63, 3.8) is 0 Å². The van der Waals surface area contributed by atoms with E-state index in [2.05, 4.69) is 5.32 Å². The molecule has 20 heavy (non-hydrogen) atoms. The number of rotatable bonds is 7. The van der Waals surface area contributed by atoms with Crippen molar-refractivity contribution in [3.05, 3.63) is 18.2 Å². The van der Waals surface area contributed by atoms with Crippen molar-refractivity contribution in [2.75, 3.05) is 25.1 Å². The van der Waals surface area contributed by atoms with Gasteiger partial charge in [-0.05, 0) is 32.0 Å². The molecule has 0 heterocycles. The summed E-state index contributed by atoms with van der Waals surface area (Å²) in [6, 6.07) is 4.23. The maximum absolute atomic E-state index is 11.5. The van der Waals surface area contributed by atoms with E-state index in [-0.39, 0.29) is 23.2 Å². The van der Waals surface area contributed by atoms with E-state index in [9.17, 15) is 13.2 Å². The lowest BCUT2D eigenvalue weighted by Gasteiger charge is -2.11. The van der Waals surface area contributed by atoms with Crippen molar-refractivity contribution in [1.82, 2.24) is 0 Å². The van der Waals surface area contributed by atoms with E-state index in [1.54, 1.807) is 13.8 Å². The number of amides is 1. The van der Waals surface area contributed by atoms with Crippen LogP contribution in [0, 0.1) is 0 Å². The van der Waals surface area contributed by atoms with Gasteiger partial charge in [-0.1, -0.05) is 0 Å². The molecule has 1 aromatic rings. The molecule has 8 heteroatoms. The monoisotopic (exact) mass is 302 g/mol. The van der Waals surface area contributed by atoms with E-state index in [0.717, 1.165) is 0 Å². The maximum atomic E-state index is 11.5. The predicted octanol–water partition coefficient (Wildman–Crippen LogP) is 0.708. The Kier molecular flexibility index (Phi) is 5.93. The van der Waals surface area contributed by atoms with Crippen LogP contribution >= 0.6 is 0 Å². The number of hydrogen-bond donors (Lipinski definition) is 2. The standard InChI is InChI=1S/C12H18N2O5S/c1-3-18-8-12(15)14-9-5-6-10(19-4-2)11(7-9)20(13,16)17/h5-7H,3-4,8H2,1-2H3,(H,14,15)(H2,13,16,17). The lowest BCUT2D eigenvalue weighted by atomic mass is 10.3. The summed E-state index contributed by atoms with van der Waals surface area (Å²) in [4.78, 5) is 11.3. The van der Waals surface area contributed by atoms with Gasteiger partial charge in [0.1, 0.15) is 17.3 Å². The van der Waals surface area contributed by atoms with Crippen molar-refractivity contribution >= 4 is 21.6 Å². The summed E-state index contributed by atoms with van der Waals surface area (Å²) in [6.07, 6.45) is 0. The number of carbonyl (C=O) groups is 1. The van der Waals surface area contributed by atoms with Gasteiger partial charge in [0.25, 0.3) is 0 Å². The number of benzene rings is 1. The van der Waals surface area contributed by atoms with Crippen LogP contribution in [0.5, 0.6) is 5.75 Å². The van der Waals surface area contributed by atoms with Crippen LogP contribution in [0.4, 0.5) is 5.69 Å². The molecule has 0 unspecified atom stereocenters. The van der Waals surface area contributed by atoms with Crippen molar-refractivity contribution < 1.29 is 22.7 Å². The van der Waals surface area contributed by atoms with Crippen molar-refractivity contribution in [2.45, 2.75) is 18.7 Å².